The van der Waals surface area contributed by atoms with Crippen LogP contribution in [0.3, 0.4) is 0 Å². The molecule has 0 N–H and O–H groups in total. The summed E-state index contributed by atoms with van der Waals surface area (Å²) in [6.07, 6.45) is 3.21. The Morgan fingerprint density at radius 3 is 2.54 bits per heavy atom. The normalized spacial score (nSPS) is 13.2. The van der Waals surface area contributed by atoms with Crippen LogP contribution in [0.15, 0.2) is 23.6 Å². The van der Waals surface area contributed by atoms with Crippen LogP contribution in [0, 0.1) is 0 Å². The third-order valence-corrected chi connectivity index (χ3v) is 2.64. The maximum absolute atomic E-state index is 11.5. The lowest BCUT2D eigenvalue weighted by molar-refractivity contribution is 0.435. The van der Waals surface area contributed by atoms with Crippen molar-refractivity contribution in [1.82, 2.24) is 14.9 Å². The fraction of sp³-hybridized carbons (Fsp3) is 0.500. The molecule has 1 unspecified atom stereocenters. The van der Waals surface area contributed by atoms with Gasteiger partial charge in [0.2, 0.25) is 5.16 Å². The summed E-state index contributed by atoms with van der Waals surface area (Å²) in [4.78, 5) is 9.84. The molecule has 1 rings (SSSR count). The highest BCUT2D eigenvalue weighted by atomic mass is 32.2. The van der Waals surface area contributed by atoms with Gasteiger partial charge in [0.25, 0.3) is 0 Å². The van der Waals surface area contributed by atoms with Gasteiger partial charge in [-0.2, -0.15) is 0 Å². The minimum Gasteiger partial charge on any atom is -0.308 e. The van der Waals surface area contributed by atoms with Crippen LogP contribution in [0.25, 0.3) is 0 Å². The average Bonchev–Trinajstić information content (AvgIpc) is 2.15. The minimum atomic E-state index is -1.07. The first kappa shape index (κ1) is 10.3. The third-order valence-electron chi connectivity index (χ3n) is 1.47. The first-order chi connectivity index (χ1) is 6.20. The fourth-order valence-electron chi connectivity index (χ4n) is 0.760. The van der Waals surface area contributed by atoms with Crippen LogP contribution in [-0.4, -0.2) is 45.5 Å². The maximum Gasteiger partial charge on any atom is 0.218 e. The molecule has 0 radical (unpaired) electrons. The van der Waals surface area contributed by atoms with Gasteiger partial charge >= 0.3 is 0 Å². The van der Waals surface area contributed by atoms with E-state index in [-0.39, 0.29) is 0 Å². The molecule has 0 saturated carbocycles. The molecular weight excluding hydrogens is 186 g/mol. The molecule has 0 aliphatic rings. The Morgan fingerprint density at radius 2 is 2.00 bits per heavy atom. The third kappa shape index (κ3) is 3.61. The van der Waals surface area contributed by atoms with Gasteiger partial charge in [-0.3, -0.25) is 4.21 Å². The summed E-state index contributed by atoms with van der Waals surface area (Å²) in [5.74, 6) is 0.580. The summed E-state index contributed by atoms with van der Waals surface area (Å²) in [6, 6.07) is 1.71. The van der Waals surface area contributed by atoms with E-state index in [1.165, 1.54) is 0 Å². The molecule has 5 heteroatoms. The van der Waals surface area contributed by atoms with E-state index < -0.39 is 10.8 Å². The van der Waals surface area contributed by atoms with Gasteiger partial charge < -0.3 is 4.90 Å². The quantitative estimate of drug-likeness (QED) is 0.647. The van der Waals surface area contributed by atoms with Gasteiger partial charge in [0.05, 0.1) is 10.8 Å². The van der Waals surface area contributed by atoms with Gasteiger partial charge in [-0.05, 0) is 20.2 Å². The number of hydrogen-bond acceptors (Lipinski definition) is 4. The summed E-state index contributed by atoms with van der Waals surface area (Å²) >= 11 is 0. The molecule has 0 fully saturated rings. The van der Waals surface area contributed by atoms with E-state index in [2.05, 4.69) is 9.97 Å². The molecule has 0 bridgehead atoms. The van der Waals surface area contributed by atoms with Gasteiger partial charge in [0, 0.05) is 24.7 Å². The zero-order chi connectivity index (χ0) is 9.68. The lowest BCUT2D eigenvalue weighted by Gasteiger charge is -2.07. The van der Waals surface area contributed by atoms with Gasteiger partial charge in [0.15, 0.2) is 0 Å². The highest BCUT2D eigenvalue weighted by Crippen LogP contribution is 1.96. The molecule has 0 amide bonds. The van der Waals surface area contributed by atoms with Crippen molar-refractivity contribution in [3.63, 3.8) is 0 Å². The Hall–Kier alpha value is -0.810. The average molecular weight is 199 g/mol. The van der Waals surface area contributed by atoms with Gasteiger partial charge in [-0.15, -0.1) is 0 Å². The molecule has 1 aromatic rings. The van der Waals surface area contributed by atoms with E-state index in [4.69, 9.17) is 0 Å². The molecule has 1 atom stereocenters. The second kappa shape index (κ2) is 5.04. The molecule has 4 nitrogen and oxygen atoms in total. The summed E-state index contributed by atoms with van der Waals surface area (Å²) in [5.41, 5.74) is 0. The Labute approximate surface area is 80.5 Å². The number of aromatic nitrogens is 2. The van der Waals surface area contributed by atoms with Crippen LogP contribution in [0.1, 0.15) is 0 Å². The number of nitrogens with zero attached hydrogens (tertiary/aromatic N) is 3. The van der Waals surface area contributed by atoms with E-state index in [0.717, 1.165) is 6.54 Å². The van der Waals surface area contributed by atoms with Crippen LogP contribution < -0.4 is 0 Å². The van der Waals surface area contributed by atoms with Crippen molar-refractivity contribution in [3.8, 4) is 0 Å². The van der Waals surface area contributed by atoms with Crippen LogP contribution in [-0.2, 0) is 10.8 Å². The van der Waals surface area contributed by atoms with Crippen LogP contribution >= 0.6 is 0 Å². The smallest absolute Gasteiger partial charge is 0.218 e. The molecule has 1 aromatic heterocycles. The molecule has 0 aliphatic heterocycles. The minimum absolute atomic E-state index is 0.421. The molecule has 1 heterocycles. The van der Waals surface area contributed by atoms with Crippen LogP contribution in [0.2, 0.25) is 0 Å². The maximum atomic E-state index is 11.5. The highest BCUT2D eigenvalue weighted by Gasteiger charge is 2.05. The fourth-order valence-corrected chi connectivity index (χ4v) is 1.83. The van der Waals surface area contributed by atoms with Gasteiger partial charge in [0.1, 0.15) is 0 Å². The zero-order valence-electron chi connectivity index (χ0n) is 7.80. The van der Waals surface area contributed by atoms with Crippen LogP contribution in [0.5, 0.6) is 0 Å². The highest BCUT2D eigenvalue weighted by molar-refractivity contribution is 7.84. The molecule has 0 saturated heterocycles. The standard InChI is InChI=1S/C8H13N3OS/c1-11(2)6-7-13(12)8-9-4-3-5-10-8/h3-5H,6-7H2,1-2H3. The van der Waals surface area contributed by atoms with Crippen molar-refractivity contribution >= 4 is 10.8 Å². The zero-order valence-corrected chi connectivity index (χ0v) is 8.62. The lowest BCUT2D eigenvalue weighted by atomic mass is 10.7. The van der Waals surface area contributed by atoms with Crippen molar-refractivity contribution in [2.45, 2.75) is 5.16 Å². The van der Waals surface area contributed by atoms with E-state index in [0.29, 0.717) is 10.9 Å². The summed E-state index contributed by atoms with van der Waals surface area (Å²) in [6.45, 7) is 0.783. The lowest BCUT2D eigenvalue weighted by Crippen LogP contribution is -2.19. The Bertz CT molecular complexity index is 276. The summed E-state index contributed by atoms with van der Waals surface area (Å²) < 4.78 is 11.5. The summed E-state index contributed by atoms with van der Waals surface area (Å²) in [7, 11) is 2.83. The second-order valence-electron chi connectivity index (χ2n) is 2.88. The predicted molar refractivity (Wildman–Crippen MR) is 51.9 cm³/mol. The molecule has 0 aliphatic carbocycles. The van der Waals surface area contributed by atoms with Crippen molar-refractivity contribution in [3.05, 3.63) is 18.5 Å². The Kier molecular flexibility index (Phi) is 3.98. The van der Waals surface area contributed by atoms with Gasteiger partial charge in [-0.1, -0.05) is 0 Å². The Morgan fingerprint density at radius 1 is 1.38 bits per heavy atom. The first-order valence-corrected chi connectivity index (χ1v) is 5.32. The largest absolute Gasteiger partial charge is 0.308 e. The topological polar surface area (TPSA) is 46.1 Å². The van der Waals surface area contributed by atoms with Crippen molar-refractivity contribution in [1.29, 1.82) is 0 Å². The molecule has 13 heavy (non-hydrogen) atoms. The number of rotatable bonds is 4. The second-order valence-corrected chi connectivity index (χ2v) is 4.35. The van der Waals surface area contributed by atoms with Crippen molar-refractivity contribution in [2.75, 3.05) is 26.4 Å². The molecular formula is C8H13N3OS. The van der Waals surface area contributed by atoms with Crippen molar-refractivity contribution in [2.24, 2.45) is 0 Å². The molecule has 0 aromatic carbocycles. The first-order valence-electron chi connectivity index (χ1n) is 4.00. The SMILES string of the molecule is CN(C)CCS(=O)c1ncccn1. The van der Waals surface area contributed by atoms with E-state index >= 15 is 0 Å². The monoisotopic (exact) mass is 199 g/mol. The van der Waals surface area contributed by atoms with Crippen molar-refractivity contribution < 1.29 is 4.21 Å². The van der Waals surface area contributed by atoms with Gasteiger partial charge in [-0.25, -0.2) is 9.97 Å². The Balaban J connectivity index is 2.50. The summed E-state index contributed by atoms with van der Waals surface area (Å²) in [5, 5.41) is 0.421. The predicted octanol–water partition coefficient (Wildman–Crippen LogP) is 0.146. The van der Waals surface area contributed by atoms with E-state index in [1.807, 2.05) is 19.0 Å². The van der Waals surface area contributed by atoms with E-state index in [1.54, 1.807) is 18.5 Å². The number of hydrogen-bond donors (Lipinski definition) is 0. The molecule has 72 valence electrons. The molecule has 0 spiro atoms. The van der Waals surface area contributed by atoms with E-state index in [9.17, 15) is 4.21 Å². The van der Waals surface area contributed by atoms with Crippen LogP contribution in [0.4, 0.5) is 0 Å².